The standard InChI is InChI=1S/C18H18ClN3O5S/c1-11-8-13-9-12(5-6-15(13)22(11)28(2,25)26)18(24)27-10-16(23)21-14-4-3-7-20-17(14)19/h3-7,9,11H,8,10H2,1-2H3,(H,21,23). The first kappa shape index (κ1) is 20.1. The lowest BCUT2D eigenvalue weighted by molar-refractivity contribution is -0.119. The highest BCUT2D eigenvalue weighted by Crippen LogP contribution is 2.34. The number of ether oxygens (including phenoxy) is 1. The molecule has 0 saturated heterocycles. The van der Waals surface area contributed by atoms with E-state index in [0.717, 1.165) is 11.8 Å². The maximum Gasteiger partial charge on any atom is 0.338 e. The molecule has 1 aliphatic heterocycles. The third kappa shape index (κ3) is 4.26. The van der Waals surface area contributed by atoms with Crippen LogP contribution in [-0.4, -0.2) is 44.2 Å². The monoisotopic (exact) mass is 423 g/mol. The summed E-state index contributed by atoms with van der Waals surface area (Å²) in [6.45, 7) is 1.31. The number of pyridine rings is 1. The molecule has 0 saturated carbocycles. The number of anilines is 2. The van der Waals surface area contributed by atoms with Crippen molar-refractivity contribution in [3.05, 3.63) is 52.8 Å². The highest BCUT2D eigenvalue weighted by molar-refractivity contribution is 7.92. The maximum atomic E-state index is 12.3. The zero-order valence-corrected chi connectivity index (χ0v) is 16.7. The van der Waals surface area contributed by atoms with E-state index < -0.39 is 28.5 Å². The van der Waals surface area contributed by atoms with Crippen molar-refractivity contribution >= 4 is 44.9 Å². The molecule has 1 amide bonds. The van der Waals surface area contributed by atoms with Crippen LogP contribution in [-0.2, 0) is 26.0 Å². The van der Waals surface area contributed by atoms with Gasteiger partial charge >= 0.3 is 5.97 Å². The first-order valence-corrected chi connectivity index (χ1v) is 10.6. The van der Waals surface area contributed by atoms with Crippen LogP contribution >= 0.6 is 11.6 Å². The Bertz CT molecular complexity index is 1040. The molecule has 8 nitrogen and oxygen atoms in total. The minimum Gasteiger partial charge on any atom is -0.452 e. The molecule has 148 valence electrons. The molecule has 1 unspecified atom stereocenters. The van der Waals surface area contributed by atoms with Gasteiger partial charge < -0.3 is 10.1 Å². The Hall–Kier alpha value is -2.65. The lowest BCUT2D eigenvalue weighted by Gasteiger charge is -2.21. The summed E-state index contributed by atoms with van der Waals surface area (Å²) in [5.41, 5.74) is 1.85. The van der Waals surface area contributed by atoms with E-state index in [1.807, 2.05) is 0 Å². The SMILES string of the molecule is CC1Cc2cc(C(=O)OCC(=O)Nc3cccnc3Cl)ccc2N1S(C)(=O)=O. The van der Waals surface area contributed by atoms with Crippen molar-refractivity contribution in [2.45, 2.75) is 19.4 Å². The fraction of sp³-hybridized carbons (Fsp3) is 0.278. The number of halogens is 1. The van der Waals surface area contributed by atoms with E-state index in [9.17, 15) is 18.0 Å². The number of sulfonamides is 1. The van der Waals surface area contributed by atoms with E-state index in [2.05, 4.69) is 10.3 Å². The molecule has 1 N–H and O–H groups in total. The van der Waals surface area contributed by atoms with Gasteiger partial charge in [-0.1, -0.05) is 11.6 Å². The summed E-state index contributed by atoms with van der Waals surface area (Å²) < 4.78 is 30.3. The Labute approximate surface area is 167 Å². The Morgan fingerprint density at radius 1 is 1.36 bits per heavy atom. The number of nitrogens with zero attached hydrogens (tertiary/aromatic N) is 2. The molecule has 0 aliphatic carbocycles. The van der Waals surface area contributed by atoms with E-state index >= 15 is 0 Å². The number of esters is 1. The van der Waals surface area contributed by atoms with Crippen LogP contribution in [0.25, 0.3) is 0 Å². The van der Waals surface area contributed by atoms with Gasteiger partial charge in [0.2, 0.25) is 10.0 Å². The fourth-order valence-corrected chi connectivity index (χ4v) is 4.55. The normalized spacial score (nSPS) is 15.8. The second-order valence-corrected chi connectivity index (χ2v) is 8.64. The van der Waals surface area contributed by atoms with Crippen LogP contribution in [0.3, 0.4) is 0 Å². The Kier molecular flexibility index (Phi) is 5.57. The predicted octanol–water partition coefficient (Wildman–Crippen LogP) is 2.24. The topological polar surface area (TPSA) is 106 Å². The summed E-state index contributed by atoms with van der Waals surface area (Å²) in [4.78, 5) is 28.0. The summed E-state index contributed by atoms with van der Waals surface area (Å²) in [5.74, 6) is -1.23. The number of benzene rings is 1. The summed E-state index contributed by atoms with van der Waals surface area (Å²) in [6, 6.07) is 7.60. The Morgan fingerprint density at radius 2 is 2.11 bits per heavy atom. The third-order valence-electron chi connectivity index (χ3n) is 4.19. The van der Waals surface area contributed by atoms with E-state index in [1.54, 1.807) is 31.2 Å². The number of fused-ring (bicyclic) bond motifs is 1. The average molecular weight is 424 g/mol. The molecule has 1 aromatic heterocycles. The zero-order valence-electron chi connectivity index (χ0n) is 15.2. The van der Waals surface area contributed by atoms with Gasteiger partial charge in [0.25, 0.3) is 5.91 Å². The van der Waals surface area contributed by atoms with Crippen molar-refractivity contribution < 1.29 is 22.7 Å². The molecule has 1 aliphatic rings. The molecule has 3 rings (SSSR count). The van der Waals surface area contributed by atoms with Crippen LogP contribution in [0.15, 0.2) is 36.5 Å². The largest absolute Gasteiger partial charge is 0.452 e. The molecular formula is C18H18ClN3O5S. The number of rotatable bonds is 5. The van der Waals surface area contributed by atoms with E-state index in [1.165, 1.54) is 16.6 Å². The van der Waals surface area contributed by atoms with Crippen LogP contribution in [0.2, 0.25) is 5.15 Å². The molecule has 0 bridgehead atoms. The van der Waals surface area contributed by atoms with E-state index in [-0.39, 0.29) is 16.8 Å². The Balaban J connectivity index is 1.65. The van der Waals surface area contributed by atoms with Gasteiger partial charge in [0, 0.05) is 12.2 Å². The predicted molar refractivity (Wildman–Crippen MR) is 105 cm³/mol. The lowest BCUT2D eigenvalue weighted by Crippen LogP contribution is -2.34. The number of hydrogen-bond acceptors (Lipinski definition) is 6. The fourth-order valence-electron chi connectivity index (χ4n) is 3.12. The van der Waals surface area contributed by atoms with Crippen molar-refractivity contribution in [2.75, 3.05) is 22.5 Å². The van der Waals surface area contributed by atoms with Crippen molar-refractivity contribution in [1.29, 1.82) is 0 Å². The number of nitrogens with one attached hydrogen (secondary N) is 1. The highest BCUT2D eigenvalue weighted by atomic mass is 35.5. The molecule has 0 fully saturated rings. The highest BCUT2D eigenvalue weighted by Gasteiger charge is 2.32. The minimum atomic E-state index is -3.40. The van der Waals surface area contributed by atoms with Gasteiger partial charge in [0.15, 0.2) is 11.8 Å². The van der Waals surface area contributed by atoms with Crippen molar-refractivity contribution in [3.63, 3.8) is 0 Å². The molecular weight excluding hydrogens is 406 g/mol. The van der Waals surface area contributed by atoms with Gasteiger partial charge in [-0.05, 0) is 49.2 Å². The molecule has 2 heterocycles. The number of carbonyl (C=O) groups is 2. The first-order chi connectivity index (χ1) is 13.2. The second-order valence-electron chi connectivity index (χ2n) is 6.42. The number of carbonyl (C=O) groups excluding carboxylic acids is 2. The van der Waals surface area contributed by atoms with Gasteiger partial charge in [0.05, 0.1) is 23.2 Å². The van der Waals surface area contributed by atoms with Crippen molar-refractivity contribution in [1.82, 2.24) is 4.98 Å². The van der Waals surface area contributed by atoms with Gasteiger partial charge in [-0.2, -0.15) is 0 Å². The number of aromatic nitrogens is 1. The molecule has 0 spiro atoms. The third-order valence-corrected chi connectivity index (χ3v) is 5.77. The number of hydrogen-bond donors (Lipinski definition) is 1. The minimum absolute atomic E-state index is 0.130. The van der Waals surface area contributed by atoms with Crippen LogP contribution in [0, 0.1) is 0 Å². The second kappa shape index (κ2) is 7.76. The van der Waals surface area contributed by atoms with Gasteiger partial charge in [-0.25, -0.2) is 18.2 Å². The van der Waals surface area contributed by atoms with Crippen molar-refractivity contribution in [2.24, 2.45) is 0 Å². The lowest BCUT2D eigenvalue weighted by atomic mass is 10.1. The summed E-state index contributed by atoms with van der Waals surface area (Å²) in [7, 11) is -3.40. The van der Waals surface area contributed by atoms with Gasteiger partial charge in [-0.3, -0.25) is 9.10 Å². The van der Waals surface area contributed by atoms with Crippen LogP contribution in [0.4, 0.5) is 11.4 Å². The van der Waals surface area contributed by atoms with Crippen LogP contribution < -0.4 is 9.62 Å². The Morgan fingerprint density at radius 3 is 2.79 bits per heavy atom. The summed E-state index contributed by atoms with van der Waals surface area (Å²) in [5, 5.41) is 2.63. The summed E-state index contributed by atoms with van der Waals surface area (Å²) >= 11 is 5.86. The van der Waals surface area contributed by atoms with Crippen LogP contribution in [0.1, 0.15) is 22.8 Å². The molecule has 1 aromatic carbocycles. The first-order valence-electron chi connectivity index (χ1n) is 8.36. The van der Waals surface area contributed by atoms with Crippen molar-refractivity contribution in [3.8, 4) is 0 Å². The van der Waals surface area contributed by atoms with Gasteiger partial charge in [-0.15, -0.1) is 0 Å². The molecule has 10 heteroatoms. The average Bonchev–Trinajstić information content (AvgIpc) is 2.96. The number of amides is 1. The molecule has 0 radical (unpaired) electrons. The quantitative estimate of drug-likeness (QED) is 0.584. The molecule has 28 heavy (non-hydrogen) atoms. The smallest absolute Gasteiger partial charge is 0.338 e. The van der Waals surface area contributed by atoms with Gasteiger partial charge in [0.1, 0.15) is 0 Å². The van der Waals surface area contributed by atoms with E-state index in [4.69, 9.17) is 16.3 Å². The van der Waals surface area contributed by atoms with E-state index in [0.29, 0.717) is 17.8 Å². The zero-order chi connectivity index (χ0) is 20.5. The summed E-state index contributed by atoms with van der Waals surface area (Å²) in [6.07, 6.45) is 3.12. The molecule has 1 atom stereocenters. The molecule has 2 aromatic rings. The van der Waals surface area contributed by atoms with Crippen LogP contribution in [0.5, 0.6) is 0 Å². The maximum absolute atomic E-state index is 12.3.